The predicted octanol–water partition coefficient (Wildman–Crippen LogP) is 2.83. The molecule has 74 valence electrons. The van der Waals surface area contributed by atoms with Crippen molar-refractivity contribution in [2.75, 3.05) is 17.8 Å². The number of benzene rings is 1. The molecule has 1 heterocycles. The summed E-state index contributed by atoms with van der Waals surface area (Å²) in [5.41, 5.74) is 2.38. The Morgan fingerprint density at radius 2 is 2.14 bits per heavy atom. The molecule has 1 aromatic rings. The number of alkyl halides is 1. The zero-order valence-corrected chi connectivity index (χ0v) is 8.88. The topological polar surface area (TPSA) is 27.1 Å². The Bertz CT molecular complexity index is 362. The van der Waals surface area contributed by atoms with Gasteiger partial charge in [0.25, 0.3) is 0 Å². The van der Waals surface area contributed by atoms with Crippen molar-refractivity contribution >= 4 is 23.1 Å². The van der Waals surface area contributed by atoms with E-state index in [1.165, 1.54) is 5.56 Å². The summed E-state index contributed by atoms with van der Waals surface area (Å²) < 4.78 is 0. The number of hydrogen-bond donors (Lipinski definition) is 1. The van der Waals surface area contributed by atoms with E-state index >= 15 is 0 Å². The van der Waals surface area contributed by atoms with Gasteiger partial charge in [-0.25, -0.2) is 0 Å². The molecule has 2 rings (SSSR count). The lowest BCUT2D eigenvalue weighted by atomic mass is 9.98. The van der Waals surface area contributed by atoms with Gasteiger partial charge in [0.05, 0.1) is 0 Å². The van der Waals surface area contributed by atoms with Crippen molar-refractivity contribution in [1.82, 2.24) is 0 Å². The van der Waals surface area contributed by atoms with Gasteiger partial charge in [-0.1, -0.05) is 18.2 Å². The average Bonchev–Trinajstić information content (AvgIpc) is 2.45. The zero-order valence-electron chi connectivity index (χ0n) is 8.13. The molecular formula is C11H13ClN2. The second kappa shape index (κ2) is 3.62. The summed E-state index contributed by atoms with van der Waals surface area (Å²) >= 11 is 5.75. The molecule has 0 aliphatic carbocycles. The van der Waals surface area contributed by atoms with Crippen LogP contribution in [0.2, 0.25) is 0 Å². The number of para-hydroxylation sites is 1. The third-order valence-electron chi connectivity index (χ3n) is 2.76. The maximum absolute atomic E-state index is 7.97. The van der Waals surface area contributed by atoms with Crippen LogP contribution in [0, 0.1) is 5.41 Å². The molecule has 1 aliphatic rings. The van der Waals surface area contributed by atoms with E-state index in [9.17, 15) is 0 Å². The van der Waals surface area contributed by atoms with E-state index in [1.807, 2.05) is 24.1 Å². The first-order valence-corrected chi connectivity index (χ1v) is 5.26. The first-order valence-electron chi connectivity index (χ1n) is 4.72. The minimum Gasteiger partial charge on any atom is -0.333 e. The standard InChI is InChI=1S/C11H13ClN2/c1-14-10-5-3-2-4-8(10)9(6-7-12)11(14)13/h2-5,9,13H,6-7H2,1H3. The lowest BCUT2D eigenvalue weighted by molar-refractivity contribution is 0.858. The number of hydrogen-bond acceptors (Lipinski definition) is 1. The summed E-state index contributed by atoms with van der Waals surface area (Å²) in [5.74, 6) is 1.45. The largest absolute Gasteiger partial charge is 0.333 e. The van der Waals surface area contributed by atoms with Gasteiger partial charge in [-0.15, -0.1) is 11.6 Å². The van der Waals surface area contributed by atoms with Crippen LogP contribution < -0.4 is 4.90 Å². The first kappa shape index (κ1) is 9.53. The van der Waals surface area contributed by atoms with E-state index < -0.39 is 0 Å². The Hall–Kier alpha value is -1.02. The molecule has 0 saturated carbocycles. The Labute approximate surface area is 89.0 Å². The number of likely N-dealkylation sites (N-methyl/N-ethyl adjacent to an activating group) is 1. The second-order valence-electron chi connectivity index (χ2n) is 3.53. The Kier molecular flexibility index (Phi) is 2.46. The van der Waals surface area contributed by atoms with Crippen LogP contribution in [0.5, 0.6) is 0 Å². The Morgan fingerprint density at radius 1 is 1.43 bits per heavy atom. The average molecular weight is 209 g/mol. The fourth-order valence-corrected chi connectivity index (χ4v) is 2.22. The van der Waals surface area contributed by atoms with Gasteiger partial charge < -0.3 is 4.90 Å². The second-order valence-corrected chi connectivity index (χ2v) is 3.91. The van der Waals surface area contributed by atoms with Crippen LogP contribution in [0.25, 0.3) is 0 Å². The Balaban J connectivity index is 2.42. The molecule has 0 radical (unpaired) electrons. The van der Waals surface area contributed by atoms with Gasteiger partial charge in [0.1, 0.15) is 5.84 Å². The van der Waals surface area contributed by atoms with Crippen LogP contribution >= 0.6 is 11.6 Å². The first-order chi connectivity index (χ1) is 6.75. The highest BCUT2D eigenvalue weighted by molar-refractivity contribution is 6.18. The summed E-state index contributed by atoms with van der Waals surface area (Å²) in [6.45, 7) is 0. The van der Waals surface area contributed by atoms with E-state index in [0.717, 1.165) is 12.1 Å². The van der Waals surface area contributed by atoms with E-state index in [0.29, 0.717) is 11.7 Å². The van der Waals surface area contributed by atoms with Gasteiger partial charge in [-0.05, 0) is 18.1 Å². The molecule has 0 spiro atoms. The molecule has 0 fully saturated rings. The molecule has 0 aromatic heterocycles. The third kappa shape index (κ3) is 1.30. The summed E-state index contributed by atoms with van der Waals surface area (Å²) in [6, 6.07) is 8.17. The lowest BCUT2D eigenvalue weighted by Gasteiger charge is -2.13. The van der Waals surface area contributed by atoms with E-state index in [1.54, 1.807) is 0 Å². The number of amidine groups is 1. The van der Waals surface area contributed by atoms with Crippen molar-refractivity contribution in [3.63, 3.8) is 0 Å². The molecule has 1 unspecified atom stereocenters. The van der Waals surface area contributed by atoms with E-state index in [-0.39, 0.29) is 5.92 Å². The predicted molar refractivity (Wildman–Crippen MR) is 60.6 cm³/mol. The van der Waals surface area contributed by atoms with Gasteiger partial charge in [0.2, 0.25) is 0 Å². The summed E-state index contributed by atoms with van der Waals surface area (Å²) in [7, 11) is 1.94. The van der Waals surface area contributed by atoms with Crippen LogP contribution in [0.3, 0.4) is 0 Å². The maximum atomic E-state index is 7.97. The van der Waals surface area contributed by atoms with Crippen LogP contribution in [-0.2, 0) is 0 Å². The highest BCUT2D eigenvalue weighted by atomic mass is 35.5. The van der Waals surface area contributed by atoms with Crippen molar-refractivity contribution in [2.24, 2.45) is 0 Å². The number of rotatable bonds is 2. The zero-order chi connectivity index (χ0) is 10.1. The molecule has 2 nitrogen and oxygen atoms in total. The van der Waals surface area contributed by atoms with E-state index in [4.69, 9.17) is 17.0 Å². The fourth-order valence-electron chi connectivity index (χ4n) is 2.00. The van der Waals surface area contributed by atoms with Crippen LogP contribution in [-0.4, -0.2) is 18.8 Å². The highest BCUT2D eigenvalue weighted by Crippen LogP contribution is 2.38. The number of anilines is 1. The third-order valence-corrected chi connectivity index (χ3v) is 2.98. The van der Waals surface area contributed by atoms with Gasteiger partial charge in [-0.3, -0.25) is 5.41 Å². The monoisotopic (exact) mass is 208 g/mol. The smallest absolute Gasteiger partial charge is 0.108 e. The molecule has 14 heavy (non-hydrogen) atoms. The van der Waals surface area contributed by atoms with Crippen LogP contribution in [0.15, 0.2) is 24.3 Å². The molecule has 1 atom stereocenters. The molecule has 1 N–H and O–H groups in total. The molecule has 0 amide bonds. The molecule has 0 bridgehead atoms. The Morgan fingerprint density at radius 3 is 2.86 bits per heavy atom. The van der Waals surface area contributed by atoms with Gasteiger partial charge in [0.15, 0.2) is 0 Å². The van der Waals surface area contributed by atoms with Crippen molar-refractivity contribution < 1.29 is 0 Å². The van der Waals surface area contributed by atoms with Crippen molar-refractivity contribution in [3.05, 3.63) is 29.8 Å². The number of fused-ring (bicyclic) bond motifs is 1. The summed E-state index contributed by atoms with van der Waals surface area (Å²) in [5, 5.41) is 7.97. The molecule has 1 aromatic carbocycles. The molecular weight excluding hydrogens is 196 g/mol. The molecule has 1 aliphatic heterocycles. The SMILES string of the molecule is CN1C(=N)C(CCCl)c2ccccc21. The normalized spacial score (nSPS) is 20.0. The fraction of sp³-hybridized carbons (Fsp3) is 0.364. The quantitative estimate of drug-likeness (QED) is 0.744. The number of nitrogens with one attached hydrogen (secondary N) is 1. The van der Waals surface area contributed by atoms with Crippen molar-refractivity contribution in [2.45, 2.75) is 12.3 Å². The lowest BCUT2D eigenvalue weighted by Crippen LogP contribution is -2.23. The van der Waals surface area contributed by atoms with Crippen LogP contribution in [0.1, 0.15) is 17.9 Å². The maximum Gasteiger partial charge on any atom is 0.108 e. The van der Waals surface area contributed by atoms with Gasteiger partial charge in [-0.2, -0.15) is 0 Å². The van der Waals surface area contributed by atoms with Crippen molar-refractivity contribution in [3.8, 4) is 0 Å². The number of halogens is 1. The minimum atomic E-state index is 0.189. The molecule has 3 heteroatoms. The van der Waals surface area contributed by atoms with Gasteiger partial charge >= 0.3 is 0 Å². The summed E-state index contributed by atoms with van der Waals surface area (Å²) in [4.78, 5) is 1.94. The van der Waals surface area contributed by atoms with Crippen molar-refractivity contribution in [1.29, 1.82) is 5.41 Å². The summed E-state index contributed by atoms with van der Waals surface area (Å²) in [6.07, 6.45) is 0.849. The minimum absolute atomic E-state index is 0.189. The highest BCUT2D eigenvalue weighted by Gasteiger charge is 2.30. The van der Waals surface area contributed by atoms with E-state index in [2.05, 4.69) is 12.1 Å². The van der Waals surface area contributed by atoms with Gasteiger partial charge in [0, 0.05) is 24.5 Å². The molecule has 0 saturated heterocycles. The number of nitrogens with zero attached hydrogens (tertiary/aromatic N) is 1. The van der Waals surface area contributed by atoms with Crippen LogP contribution in [0.4, 0.5) is 5.69 Å².